The Bertz CT molecular complexity index is 1070. The van der Waals surface area contributed by atoms with Crippen LogP contribution in [-0.4, -0.2) is 35.9 Å². The van der Waals surface area contributed by atoms with Crippen LogP contribution in [0.4, 0.5) is 0 Å². The Morgan fingerprint density at radius 1 is 1.03 bits per heavy atom. The van der Waals surface area contributed by atoms with Crippen molar-refractivity contribution < 1.29 is 19.7 Å². The van der Waals surface area contributed by atoms with Crippen molar-refractivity contribution in [2.24, 2.45) is 5.92 Å². The van der Waals surface area contributed by atoms with Crippen LogP contribution in [0.15, 0.2) is 66.7 Å². The predicted molar refractivity (Wildman–Crippen MR) is 132 cm³/mol. The van der Waals surface area contributed by atoms with Gasteiger partial charge in [-0.25, -0.2) is 4.79 Å². The van der Waals surface area contributed by atoms with Crippen LogP contribution >= 0.6 is 11.6 Å². The molecule has 0 aliphatic rings. The fourth-order valence-electron chi connectivity index (χ4n) is 3.65. The number of ether oxygens (including phenoxy) is 1. The second-order valence-electron chi connectivity index (χ2n) is 8.42. The molecule has 0 saturated carbocycles. The molecule has 0 radical (unpaired) electrons. The van der Waals surface area contributed by atoms with Gasteiger partial charge in [-0.05, 0) is 64.9 Å². The molecule has 0 saturated heterocycles. The van der Waals surface area contributed by atoms with Gasteiger partial charge in [0, 0.05) is 18.1 Å². The lowest BCUT2D eigenvalue weighted by Crippen LogP contribution is -2.26. The van der Waals surface area contributed by atoms with E-state index < -0.39 is 12.1 Å². The Labute approximate surface area is 200 Å². The molecule has 0 unspecified atom stereocenters. The summed E-state index contributed by atoms with van der Waals surface area (Å²) in [5, 5.41) is 23.5. The molecule has 1 atom stereocenters. The number of nitrogens with one attached hydrogen (secondary N) is 1. The summed E-state index contributed by atoms with van der Waals surface area (Å²) in [6, 6.07) is 20.5. The molecular weight excluding hydrogens is 438 g/mol. The van der Waals surface area contributed by atoms with Gasteiger partial charge in [-0.3, -0.25) is 0 Å². The van der Waals surface area contributed by atoms with Crippen molar-refractivity contribution in [3.05, 3.63) is 88.4 Å². The zero-order valence-electron chi connectivity index (χ0n) is 18.9. The molecule has 3 rings (SSSR count). The van der Waals surface area contributed by atoms with Crippen molar-refractivity contribution in [2.75, 3.05) is 19.7 Å². The van der Waals surface area contributed by atoms with Gasteiger partial charge in [0.2, 0.25) is 0 Å². The van der Waals surface area contributed by atoms with E-state index in [4.69, 9.17) is 16.3 Å². The van der Waals surface area contributed by atoms with Crippen molar-refractivity contribution in [1.29, 1.82) is 0 Å². The first-order chi connectivity index (χ1) is 15.8. The second-order valence-corrected chi connectivity index (χ2v) is 8.86. The molecule has 174 valence electrons. The molecule has 0 heterocycles. The summed E-state index contributed by atoms with van der Waals surface area (Å²) in [5.74, 6) is 0.226. The van der Waals surface area contributed by atoms with Crippen LogP contribution in [-0.2, 0) is 6.42 Å². The first-order valence-corrected chi connectivity index (χ1v) is 11.4. The lowest BCUT2D eigenvalue weighted by Gasteiger charge is -2.13. The number of aliphatic hydroxyl groups excluding tert-OH is 1. The fourth-order valence-corrected chi connectivity index (χ4v) is 3.84. The number of carbonyl (C=O) groups is 1. The van der Waals surface area contributed by atoms with Crippen LogP contribution in [0.2, 0.25) is 5.02 Å². The number of hydrogen-bond acceptors (Lipinski definition) is 4. The summed E-state index contributed by atoms with van der Waals surface area (Å²) in [7, 11) is 0. The average Bonchev–Trinajstić information content (AvgIpc) is 2.78. The molecule has 3 aromatic rings. The van der Waals surface area contributed by atoms with Crippen molar-refractivity contribution in [2.45, 2.75) is 26.4 Å². The van der Waals surface area contributed by atoms with Gasteiger partial charge >= 0.3 is 5.97 Å². The third-order valence-electron chi connectivity index (χ3n) is 5.27. The number of benzene rings is 3. The third-order valence-corrected chi connectivity index (χ3v) is 5.51. The minimum atomic E-state index is -0.894. The molecule has 5 nitrogen and oxygen atoms in total. The first kappa shape index (κ1) is 24.8. The van der Waals surface area contributed by atoms with Gasteiger partial charge in [0.1, 0.15) is 12.4 Å². The molecule has 0 aromatic heterocycles. The maximum Gasteiger partial charge on any atom is 0.335 e. The summed E-state index contributed by atoms with van der Waals surface area (Å²) in [5.41, 5.74) is 3.98. The zero-order chi connectivity index (χ0) is 23.8. The maximum atomic E-state index is 11.5. The highest BCUT2D eigenvalue weighted by atomic mass is 35.5. The van der Waals surface area contributed by atoms with E-state index in [0.717, 1.165) is 34.4 Å². The van der Waals surface area contributed by atoms with E-state index in [1.807, 2.05) is 48.5 Å². The van der Waals surface area contributed by atoms with E-state index in [1.54, 1.807) is 18.2 Å². The summed E-state index contributed by atoms with van der Waals surface area (Å²) in [6.45, 7) is 5.63. The molecule has 33 heavy (non-hydrogen) atoms. The van der Waals surface area contributed by atoms with Crippen LogP contribution in [0.25, 0.3) is 11.1 Å². The lowest BCUT2D eigenvalue weighted by atomic mass is 9.93. The molecule has 3 N–H and O–H groups in total. The van der Waals surface area contributed by atoms with E-state index in [2.05, 4.69) is 19.2 Å². The highest BCUT2D eigenvalue weighted by molar-refractivity contribution is 6.30. The van der Waals surface area contributed by atoms with Gasteiger partial charge < -0.3 is 20.3 Å². The highest BCUT2D eigenvalue weighted by Gasteiger charge is 2.13. The average molecular weight is 468 g/mol. The fraction of sp³-hybridized carbons (Fsp3) is 0.296. The number of aromatic carboxylic acids is 1. The Kier molecular flexibility index (Phi) is 8.89. The van der Waals surface area contributed by atoms with Gasteiger partial charge in [0.25, 0.3) is 0 Å². The minimum absolute atomic E-state index is 0.361. The number of aliphatic hydroxyl groups is 1. The number of carboxylic acid groups (broad SMARTS) is 1. The largest absolute Gasteiger partial charge is 0.492 e. The van der Waals surface area contributed by atoms with Gasteiger partial charge in [0.15, 0.2) is 0 Å². The molecule has 3 aromatic carbocycles. The van der Waals surface area contributed by atoms with E-state index in [9.17, 15) is 15.0 Å². The van der Waals surface area contributed by atoms with Crippen LogP contribution in [0.3, 0.4) is 0 Å². The molecule has 6 heteroatoms. The Balaban J connectivity index is 1.51. The summed E-state index contributed by atoms with van der Waals surface area (Å²) < 4.78 is 5.79. The lowest BCUT2D eigenvalue weighted by molar-refractivity contribution is 0.0695. The van der Waals surface area contributed by atoms with Crippen LogP contribution in [0.5, 0.6) is 5.75 Å². The van der Waals surface area contributed by atoms with Gasteiger partial charge in [-0.1, -0.05) is 61.8 Å². The van der Waals surface area contributed by atoms with E-state index in [1.165, 1.54) is 0 Å². The SMILES string of the molecule is CC(C)Cc1cc(-c2ccc(OCCNC[C@@H](O)c3cccc(Cl)c3)cc2)ccc1C(=O)O. The van der Waals surface area contributed by atoms with E-state index >= 15 is 0 Å². The van der Waals surface area contributed by atoms with Crippen molar-refractivity contribution in [3.8, 4) is 16.9 Å². The second kappa shape index (κ2) is 11.8. The van der Waals surface area contributed by atoms with Gasteiger partial charge in [-0.15, -0.1) is 0 Å². The summed E-state index contributed by atoms with van der Waals surface area (Å²) in [6.07, 6.45) is 0.0893. The molecule has 0 fully saturated rings. The third kappa shape index (κ3) is 7.32. The maximum absolute atomic E-state index is 11.5. The molecule has 0 bridgehead atoms. The zero-order valence-corrected chi connectivity index (χ0v) is 19.7. The minimum Gasteiger partial charge on any atom is -0.492 e. The first-order valence-electron chi connectivity index (χ1n) is 11.1. The quantitative estimate of drug-likeness (QED) is 0.320. The number of rotatable bonds is 11. The van der Waals surface area contributed by atoms with E-state index in [0.29, 0.717) is 36.2 Å². The molecule has 0 spiro atoms. The van der Waals surface area contributed by atoms with Gasteiger partial charge in [-0.2, -0.15) is 0 Å². The Morgan fingerprint density at radius 2 is 1.76 bits per heavy atom. The van der Waals surface area contributed by atoms with Crippen molar-refractivity contribution in [3.63, 3.8) is 0 Å². The normalized spacial score (nSPS) is 12.0. The standard InChI is InChI=1S/C27H30ClNO4/c1-18(2)14-22-15-20(8-11-25(22)27(31)32)19-6-9-24(10-7-19)33-13-12-29-17-26(30)21-4-3-5-23(28)16-21/h3-11,15-16,18,26,29-30H,12-14,17H2,1-2H3,(H,31,32)/t26-/m1/s1. The number of carboxylic acids is 1. The molecular formula is C27H30ClNO4. The summed E-state index contributed by atoms with van der Waals surface area (Å²) in [4.78, 5) is 11.5. The number of halogens is 1. The van der Waals surface area contributed by atoms with Crippen molar-refractivity contribution in [1.82, 2.24) is 5.32 Å². The Morgan fingerprint density at radius 3 is 2.42 bits per heavy atom. The summed E-state index contributed by atoms with van der Waals surface area (Å²) >= 11 is 5.96. The van der Waals surface area contributed by atoms with Crippen molar-refractivity contribution >= 4 is 17.6 Å². The molecule has 0 aliphatic heterocycles. The highest BCUT2D eigenvalue weighted by Crippen LogP contribution is 2.26. The Hall–Kier alpha value is -2.86. The monoisotopic (exact) mass is 467 g/mol. The number of hydrogen-bond donors (Lipinski definition) is 3. The predicted octanol–water partition coefficient (Wildman–Crippen LogP) is 5.61. The van der Waals surface area contributed by atoms with Crippen LogP contribution < -0.4 is 10.1 Å². The van der Waals surface area contributed by atoms with Gasteiger partial charge in [0.05, 0.1) is 11.7 Å². The smallest absolute Gasteiger partial charge is 0.335 e. The van der Waals surface area contributed by atoms with Crippen LogP contribution in [0, 0.1) is 5.92 Å². The molecule has 0 aliphatic carbocycles. The topological polar surface area (TPSA) is 78.8 Å². The van der Waals surface area contributed by atoms with E-state index in [-0.39, 0.29) is 0 Å². The molecule has 0 amide bonds. The van der Waals surface area contributed by atoms with Crippen LogP contribution in [0.1, 0.15) is 41.4 Å².